The zero-order chi connectivity index (χ0) is 13.5. The summed E-state index contributed by atoms with van der Waals surface area (Å²) in [5.41, 5.74) is 0. The van der Waals surface area contributed by atoms with Gasteiger partial charge in [0.1, 0.15) is 0 Å². The van der Waals surface area contributed by atoms with E-state index in [1.54, 1.807) is 16.7 Å². The highest BCUT2D eigenvalue weighted by atomic mass is 32.2. The van der Waals surface area contributed by atoms with Crippen LogP contribution in [0.15, 0.2) is 0 Å². The second kappa shape index (κ2) is 7.17. The van der Waals surface area contributed by atoms with Crippen molar-refractivity contribution < 1.29 is 14.7 Å². The molecule has 0 radical (unpaired) electrons. The number of urea groups is 1. The van der Waals surface area contributed by atoms with E-state index in [0.717, 1.165) is 5.75 Å². The van der Waals surface area contributed by atoms with Gasteiger partial charge in [0, 0.05) is 18.1 Å². The van der Waals surface area contributed by atoms with E-state index in [9.17, 15) is 9.59 Å². The summed E-state index contributed by atoms with van der Waals surface area (Å²) >= 11 is 1.67. The van der Waals surface area contributed by atoms with E-state index >= 15 is 0 Å². The largest absolute Gasteiger partial charge is 0.481 e. The summed E-state index contributed by atoms with van der Waals surface area (Å²) in [6, 6.07) is -0.805. The molecule has 100 valence electrons. The van der Waals surface area contributed by atoms with Crippen LogP contribution in [0, 0.1) is 12.3 Å². The van der Waals surface area contributed by atoms with E-state index in [4.69, 9.17) is 11.5 Å². The summed E-state index contributed by atoms with van der Waals surface area (Å²) in [7, 11) is 0. The van der Waals surface area contributed by atoms with Crippen molar-refractivity contribution in [3.8, 4) is 12.3 Å². The van der Waals surface area contributed by atoms with Crippen LogP contribution in [0.3, 0.4) is 0 Å². The zero-order valence-corrected chi connectivity index (χ0v) is 11.2. The summed E-state index contributed by atoms with van der Waals surface area (Å²) in [5, 5.41) is 11.6. The third-order valence-electron chi connectivity index (χ3n) is 2.81. The predicted molar refractivity (Wildman–Crippen MR) is 71.5 cm³/mol. The minimum atomic E-state index is -0.885. The van der Waals surface area contributed by atoms with Gasteiger partial charge in [-0.2, -0.15) is 11.8 Å². The number of carbonyl (C=O) groups excluding carboxylic acids is 1. The van der Waals surface area contributed by atoms with E-state index in [1.807, 2.05) is 6.92 Å². The van der Waals surface area contributed by atoms with Gasteiger partial charge in [-0.1, -0.05) is 12.8 Å². The van der Waals surface area contributed by atoms with Crippen LogP contribution < -0.4 is 5.32 Å². The first-order valence-electron chi connectivity index (χ1n) is 5.91. The molecule has 1 aliphatic rings. The average Bonchev–Trinajstić information content (AvgIpc) is 2.35. The van der Waals surface area contributed by atoms with Crippen molar-refractivity contribution in [1.29, 1.82) is 0 Å². The van der Waals surface area contributed by atoms with Gasteiger partial charge in [0.2, 0.25) is 0 Å². The Kier molecular flexibility index (Phi) is 5.86. The first-order chi connectivity index (χ1) is 8.58. The second-order valence-electron chi connectivity index (χ2n) is 4.10. The lowest BCUT2D eigenvalue weighted by Crippen LogP contribution is -2.53. The SMILES string of the molecule is C#CC(CC)NC(=O)N1CCSCC1CC(=O)O. The molecule has 1 saturated heterocycles. The van der Waals surface area contributed by atoms with Crippen LogP contribution in [0.25, 0.3) is 0 Å². The van der Waals surface area contributed by atoms with Crippen molar-refractivity contribution in [1.82, 2.24) is 10.2 Å². The van der Waals surface area contributed by atoms with Gasteiger partial charge in [-0.3, -0.25) is 4.79 Å². The molecule has 0 aliphatic carbocycles. The smallest absolute Gasteiger partial charge is 0.318 e. The predicted octanol–water partition coefficient (Wildman–Crippen LogP) is 1.000. The van der Waals surface area contributed by atoms with Crippen LogP contribution in [0.1, 0.15) is 19.8 Å². The van der Waals surface area contributed by atoms with Crippen LogP contribution in [0.4, 0.5) is 4.79 Å². The lowest BCUT2D eigenvalue weighted by atomic mass is 10.2. The van der Waals surface area contributed by atoms with Crippen LogP contribution in [0.2, 0.25) is 0 Å². The Bertz CT molecular complexity index is 354. The maximum Gasteiger partial charge on any atom is 0.318 e. The molecular weight excluding hydrogens is 252 g/mol. The first kappa shape index (κ1) is 14.7. The monoisotopic (exact) mass is 270 g/mol. The molecule has 2 amide bonds. The number of amides is 2. The molecule has 0 aromatic rings. The molecule has 5 nitrogen and oxygen atoms in total. The van der Waals surface area contributed by atoms with Crippen LogP contribution in [0.5, 0.6) is 0 Å². The second-order valence-corrected chi connectivity index (χ2v) is 5.25. The van der Waals surface area contributed by atoms with Crippen molar-refractivity contribution >= 4 is 23.8 Å². The number of carboxylic acids is 1. The highest BCUT2D eigenvalue weighted by molar-refractivity contribution is 7.99. The molecule has 0 aromatic heterocycles. The van der Waals surface area contributed by atoms with E-state index in [2.05, 4.69) is 11.2 Å². The summed E-state index contributed by atoms with van der Waals surface area (Å²) in [4.78, 5) is 24.4. The molecule has 0 bridgehead atoms. The molecule has 1 rings (SSSR count). The summed E-state index contributed by atoms with van der Waals surface area (Å²) < 4.78 is 0. The molecule has 2 atom stereocenters. The highest BCUT2D eigenvalue weighted by Crippen LogP contribution is 2.19. The van der Waals surface area contributed by atoms with Crippen molar-refractivity contribution in [2.24, 2.45) is 0 Å². The van der Waals surface area contributed by atoms with Gasteiger partial charge in [-0.25, -0.2) is 4.79 Å². The van der Waals surface area contributed by atoms with Crippen LogP contribution in [-0.4, -0.2) is 52.1 Å². The molecule has 1 fully saturated rings. The zero-order valence-electron chi connectivity index (χ0n) is 10.4. The number of terminal acetylenes is 1. The number of aliphatic carboxylic acids is 1. The van der Waals surface area contributed by atoms with Crippen LogP contribution in [-0.2, 0) is 4.79 Å². The fourth-order valence-electron chi connectivity index (χ4n) is 1.79. The molecular formula is C12H18N2O3S. The topological polar surface area (TPSA) is 69.6 Å². The number of thioether (sulfide) groups is 1. The number of rotatable bonds is 4. The third kappa shape index (κ3) is 4.15. The number of hydrogen-bond donors (Lipinski definition) is 2. The lowest BCUT2D eigenvalue weighted by Gasteiger charge is -2.35. The van der Waals surface area contributed by atoms with E-state index in [-0.39, 0.29) is 24.5 Å². The van der Waals surface area contributed by atoms with Crippen LogP contribution >= 0.6 is 11.8 Å². The van der Waals surface area contributed by atoms with Gasteiger partial charge in [-0.05, 0) is 6.42 Å². The molecule has 1 heterocycles. The number of nitrogens with one attached hydrogen (secondary N) is 1. The van der Waals surface area contributed by atoms with E-state index in [1.165, 1.54) is 0 Å². The van der Waals surface area contributed by atoms with Crippen molar-refractivity contribution in [2.45, 2.75) is 31.8 Å². The maximum absolute atomic E-state index is 12.0. The number of nitrogens with zero attached hydrogens (tertiary/aromatic N) is 1. The van der Waals surface area contributed by atoms with Gasteiger partial charge in [0.05, 0.1) is 18.5 Å². The maximum atomic E-state index is 12.0. The lowest BCUT2D eigenvalue weighted by molar-refractivity contribution is -0.137. The van der Waals surface area contributed by atoms with E-state index < -0.39 is 5.97 Å². The Morgan fingerprint density at radius 2 is 2.39 bits per heavy atom. The van der Waals surface area contributed by atoms with Gasteiger partial charge >= 0.3 is 12.0 Å². The molecule has 0 saturated carbocycles. The normalized spacial score (nSPS) is 20.9. The quantitative estimate of drug-likeness (QED) is 0.748. The average molecular weight is 270 g/mol. The molecule has 6 heteroatoms. The molecule has 0 spiro atoms. The Balaban J connectivity index is 2.62. The number of carbonyl (C=O) groups is 2. The minimum Gasteiger partial charge on any atom is -0.481 e. The van der Waals surface area contributed by atoms with Gasteiger partial charge in [-0.15, -0.1) is 6.42 Å². The number of carboxylic acid groups (broad SMARTS) is 1. The van der Waals surface area contributed by atoms with Gasteiger partial charge in [0.15, 0.2) is 0 Å². The summed E-state index contributed by atoms with van der Waals surface area (Å²) in [6.45, 7) is 2.46. The fourth-order valence-corrected chi connectivity index (χ4v) is 2.85. The standard InChI is InChI=1S/C12H18N2O3S/c1-3-9(4-2)13-12(17)14-5-6-18-8-10(14)7-11(15)16/h1,9-10H,4-8H2,2H3,(H,13,17)(H,15,16). The highest BCUT2D eigenvalue weighted by Gasteiger charge is 2.29. The fraction of sp³-hybridized carbons (Fsp3) is 0.667. The Morgan fingerprint density at radius 1 is 1.67 bits per heavy atom. The van der Waals surface area contributed by atoms with Crippen molar-refractivity contribution in [3.05, 3.63) is 0 Å². The van der Waals surface area contributed by atoms with E-state index in [0.29, 0.717) is 18.7 Å². The number of hydrogen-bond acceptors (Lipinski definition) is 3. The molecule has 0 aromatic carbocycles. The Morgan fingerprint density at radius 3 is 2.94 bits per heavy atom. The van der Waals surface area contributed by atoms with Crippen molar-refractivity contribution in [3.63, 3.8) is 0 Å². The molecule has 2 N–H and O–H groups in total. The van der Waals surface area contributed by atoms with Crippen molar-refractivity contribution in [2.75, 3.05) is 18.1 Å². The summed E-state index contributed by atoms with van der Waals surface area (Å²) in [6.07, 6.45) is 5.94. The molecule has 18 heavy (non-hydrogen) atoms. The Labute approximate surface area is 111 Å². The summed E-state index contributed by atoms with van der Waals surface area (Å²) in [5.74, 6) is 3.10. The first-order valence-corrected chi connectivity index (χ1v) is 7.06. The minimum absolute atomic E-state index is 0.0206. The Hall–Kier alpha value is -1.35. The molecule has 1 aliphatic heterocycles. The van der Waals surface area contributed by atoms with Gasteiger partial charge < -0.3 is 15.3 Å². The van der Waals surface area contributed by atoms with Gasteiger partial charge in [0.25, 0.3) is 0 Å². The molecule has 2 unspecified atom stereocenters. The third-order valence-corrected chi connectivity index (χ3v) is 3.90.